The number of anilines is 1. The summed E-state index contributed by atoms with van der Waals surface area (Å²) in [5.41, 5.74) is 1.07. The molecule has 4 nitrogen and oxygen atoms in total. The van der Waals surface area contributed by atoms with Crippen LogP contribution in [0.25, 0.3) is 0 Å². The van der Waals surface area contributed by atoms with E-state index in [0.29, 0.717) is 12.1 Å². The van der Waals surface area contributed by atoms with Gasteiger partial charge in [0.15, 0.2) is 0 Å². The van der Waals surface area contributed by atoms with E-state index in [-0.39, 0.29) is 0 Å². The summed E-state index contributed by atoms with van der Waals surface area (Å²) < 4.78 is 13.4. The Morgan fingerprint density at radius 1 is 1.17 bits per heavy atom. The maximum Gasteiger partial charge on any atom is 0.304 e. The Morgan fingerprint density at radius 2 is 1.89 bits per heavy atom. The van der Waals surface area contributed by atoms with Crippen molar-refractivity contribution in [1.82, 2.24) is 0 Å². The number of hydrogen-bond acceptors (Lipinski definition) is 3. The van der Waals surface area contributed by atoms with Crippen LogP contribution in [0.1, 0.15) is 5.56 Å². The molecule has 0 saturated heterocycles. The summed E-state index contributed by atoms with van der Waals surface area (Å²) in [4.78, 5) is 9.73. The molecule has 0 saturated carbocycles. The molecule has 1 N–H and O–H groups in total. The number of benzene rings is 2. The van der Waals surface area contributed by atoms with Crippen LogP contribution in [0.4, 0.5) is 15.8 Å². The molecule has 0 aliphatic carbocycles. The van der Waals surface area contributed by atoms with Gasteiger partial charge in [0, 0.05) is 18.3 Å². The molecule has 0 heterocycles. The van der Waals surface area contributed by atoms with Gasteiger partial charge in [-0.1, -0.05) is 24.3 Å². The molecule has 0 atom stereocenters. The first-order valence-corrected chi connectivity index (χ1v) is 5.38. The van der Waals surface area contributed by atoms with Crippen molar-refractivity contribution in [2.75, 3.05) is 5.32 Å². The lowest BCUT2D eigenvalue weighted by Crippen LogP contribution is -2.00. The Morgan fingerprint density at radius 3 is 2.50 bits per heavy atom. The summed E-state index contributed by atoms with van der Waals surface area (Å²) in [5, 5.41) is 13.6. The molecule has 0 radical (unpaired) electrons. The van der Waals surface area contributed by atoms with Crippen LogP contribution in [0.3, 0.4) is 0 Å². The van der Waals surface area contributed by atoms with E-state index in [0.717, 1.165) is 5.69 Å². The van der Waals surface area contributed by atoms with Gasteiger partial charge in [-0.05, 0) is 23.8 Å². The van der Waals surface area contributed by atoms with Crippen molar-refractivity contribution in [1.29, 1.82) is 0 Å². The largest absolute Gasteiger partial charge is 0.381 e. The molecule has 2 aromatic carbocycles. The minimum atomic E-state index is -0.813. The normalized spacial score (nSPS) is 10.1. The monoisotopic (exact) mass is 246 g/mol. The third-order valence-corrected chi connectivity index (χ3v) is 2.48. The number of nitrogens with zero attached hydrogens (tertiary/aromatic N) is 1. The van der Waals surface area contributed by atoms with Gasteiger partial charge in [0.1, 0.15) is 0 Å². The van der Waals surface area contributed by atoms with Crippen LogP contribution in [-0.2, 0) is 6.54 Å². The number of halogens is 1. The molecule has 0 amide bonds. The van der Waals surface area contributed by atoms with Gasteiger partial charge in [-0.25, -0.2) is 0 Å². The summed E-state index contributed by atoms with van der Waals surface area (Å²) in [6.45, 7) is 0.416. The molecule has 2 aromatic rings. The van der Waals surface area contributed by atoms with Gasteiger partial charge in [-0.2, -0.15) is 4.39 Å². The van der Waals surface area contributed by atoms with Crippen molar-refractivity contribution in [2.45, 2.75) is 6.54 Å². The maximum absolute atomic E-state index is 13.4. The van der Waals surface area contributed by atoms with E-state index in [1.54, 1.807) is 0 Å². The highest BCUT2D eigenvalue weighted by Crippen LogP contribution is 2.18. The average Bonchev–Trinajstić information content (AvgIpc) is 2.37. The quantitative estimate of drug-likeness (QED) is 0.664. The predicted molar refractivity (Wildman–Crippen MR) is 66.8 cm³/mol. The zero-order valence-corrected chi connectivity index (χ0v) is 9.47. The van der Waals surface area contributed by atoms with E-state index in [4.69, 9.17) is 0 Å². The second-order valence-electron chi connectivity index (χ2n) is 3.76. The first kappa shape index (κ1) is 12.0. The fourth-order valence-corrected chi connectivity index (χ4v) is 1.57. The SMILES string of the molecule is O=[N+]([O-])c1ccc(CNc2ccccc2)cc1F. The number of para-hydroxylation sites is 1. The Labute approximate surface area is 103 Å². The summed E-state index contributed by atoms with van der Waals surface area (Å²) in [6, 6.07) is 13.3. The molecular formula is C13H11FN2O2. The van der Waals surface area contributed by atoms with E-state index in [9.17, 15) is 14.5 Å². The first-order chi connectivity index (χ1) is 8.66. The van der Waals surface area contributed by atoms with E-state index in [2.05, 4.69) is 5.32 Å². The first-order valence-electron chi connectivity index (χ1n) is 5.38. The Hall–Kier alpha value is -2.43. The smallest absolute Gasteiger partial charge is 0.304 e. The third kappa shape index (κ3) is 2.82. The summed E-state index contributed by atoms with van der Waals surface area (Å²) in [5.74, 6) is -0.813. The van der Waals surface area contributed by atoms with Crippen molar-refractivity contribution in [3.8, 4) is 0 Å². The van der Waals surface area contributed by atoms with Crippen LogP contribution in [0.5, 0.6) is 0 Å². The highest BCUT2D eigenvalue weighted by Gasteiger charge is 2.13. The van der Waals surface area contributed by atoms with Crippen LogP contribution in [0, 0.1) is 15.9 Å². The molecule has 0 spiro atoms. The van der Waals surface area contributed by atoms with Crippen molar-refractivity contribution >= 4 is 11.4 Å². The minimum absolute atomic E-state index is 0.416. The second-order valence-corrected chi connectivity index (χ2v) is 3.76. The van der Waals surface area contributed by atoms with Crippen LogP contribution < -0.4 is 5.32 Å². The van der Waals surface area contributed by atoms with Gasteiger partial charge in [0.2, 0.25) is 5.82 Å². The minimum Gasteiger partial charge on any atom is -0.381 e. The predicted octanol–water partition coefficient (Wildman–Crippen LogP) is 3.35. The molecule has 5 heteroatoms. The summed E-state index contributed by atoms with van der Waals surface area (Å²) in [6.07, 6.45) is 0. The average molecular weight is 246 g/mol. The molecule has 0 aliphatic rings. The van der Waals surface area contributed by atoms with Crippen LogP contribution in [0.2, 0.25) is 0 Å². The highest BCUT2D eigenvalue weighted by molar-refractivity contribution is 5.44. The molecular weight excluding hydrogens is 235 g/mol. The number of rotatable bonds is 4. The van der Waals surface area contributed by atoms with Crippen LogP contribution in [0.15, 0.2) is 48.5 Å². The fourth-order valence-electron chi connectivity index (χ4n) is 1.57. The van der Waals surface area contributed by atoms with Crippen molar-refractivity contribution in [2.24, 2.45) is 0 Å². The number of nitro groups is 1. The molecule has 18 heavy (non-hydrogen) atoms. The highest BCUT2D eigenvalue weighted by atomic mass is 19.1. The fraction of sp³-hybridized carbons (Fsp3) is 0.0769. The van der Waals surface area contributed by atoms with Gasteiger partial charge in [-0.15, -0.1) is 0 Å². The van der Waals surface area contributed by atoms with E-state index in [1.165, 1.54) is 18.2 Å². The number of nitro benzene ring substituents is 1. The summed E-state index contributed by atoms with van der Waals surface area (Å²) >= 11 is 0. The van der Waals surface area contributed by atoms with Crippen molar-refractivity contribution < 1.29 is 9.31 Å². The molecule has 92 valence electrons. The standard InChI is InChI=1S/C13H11FN2O2/c14-12-8-10(6-7-13(12)16(17)18)9-15-11-4-2-1-3-5-11/h1-8,15H,9H2. The van der Waals surface area contributed by atoms with E-state index >= 15 is 0 Å². The second kappa shape index (κ2) is 5.27. The number of nitrogens with one attached hydrogen (secondary N) is 1. The Bertz CT molecular complexity index is 558. The van der Waals surface area contributed by atoms with Crippen LogP contribution in [-0.4, -0.2) is 4.92 Å². The van der Waals surface area contributed by atoms with Gasteiger partial charge in [-0.3, -0.25) is 10.1 Å². The van der Waals surface area contributed by atoms with Gasteiger partial charge in [0.05, 0.1) is 4.92 Å². The van der Waals surface area contributed by atoms with Crippen molar-refractivity contribution in [3.05, 3.63) is 70.0 Å². The Balaban J connectivity index is 2.07. The molecule has 0 aliphatic heterocycles. The van der Waals surface area contributed by atoms with Crippen LogP contribution >= 0.6 is 0 Å². The lowest BCUT2D eigenvalue weighted by Gasteiger charge is -2.06. The molecule has 0 unspecified atom stereocenters. The van der Waals surface area contributed by atoms with Crippen molar-refractivity contribution in [3.63, 3.8) is 0 Å². The summed E-state index contributed by atoms with van der Waals surface area (Å²) in [7, 11) is 0. The molecule has 0 bridgehead atoms. The lowest BCUT2D eigenvalue weighted by molar-refractivity contribution is -0.387. The van der Waals surface area contributed by atoms with E-state index in [1.807, 2.05) is 30.3 Å². The third-order valence-electron chi connectivity index (χ3n) is 2.48. The van der Waals surface area contributed by atoms with Gasteiger partial charge in [0.25, 0.3) is 0 Å². The zero-order valence-electron chi connectivity index (χ0n) is 9.47. The molecule has 0 fully saturated rings. The van der Waals surface area contributed by atoms with Gasteiger partial charge >= 0.3 is 5.69 Å². The van der Waals surface area contributed by atoms with E-state index < -0.39 is 16.4 Å². The maximum atomic E-state index is 13.4. The molecule has 0 aromatic heterocycles. The van der Waals surface area contributed by atoms with Gasteiger partial charge < -0.3 is 5.32 Å². The lowest BCUT2D eigenvalue weighted by atomic mass is 10.2. The topological polar surface area (TPSA) is 55.2 Å². The molecule has 2 rings (SSSR count). The number of hydrogen-bond donors (Lipinski definition) is 1. The Kier molecular flexibility index (Phi) is 3.52. The zero-order chi connectivity index (χ0) is 13.0.